The van der Waals surface area contributed by atoms with Crippen molar-refractivity contribution in [2.45, 2.75) is 24.8 Å². The zero-order chi connectivity index (χ0) is 21.9. The van der Waals surface area contributed by atoms with Gasteiger partial charge in [0.05, 0.1) is 21.0 Å². The molecule has 0 spiro atoms. The molecular weight excluding hydrogens is 441 g/mol. The van der Waals surface area contributed by atoms with Gasteiger partial charge in [0.1, 0.15) is 5.75 Å². The van der Waals surface area contributed by atoms with E-state index in [9.17, 15) is 23.1 Å². The molecule has 0 aliphatic carbocycles. The fraction of sp³-hybridized carbons (Fsp3) is 0.222. The molecule has 0 aromatic heterocycles. The number of phenolic OH excluding ortho intramolecular Hbond substituents is 1. The van der Waals surface area contributed by atoms with Gasteiger partial charge < -0.3 is 5.11 Å². The molecule has 0 fully saturated rings. The molecule has 0 saturated heterocycles. The lowest BCUT2D eigenvalue weighted by atomic mass is 10.2. The van der Waals surface area contributed by atoms with Gasteiger partial charge in [-0.3, -0.25) is 20.4 Å². The van der Waals surface area contributed by atoms with Crippen molar-refractivity contribution in [3.05, 3.63) is 57.6 Å². The lowest BCUT2D eigenvalue weighted by Crippen LogP contribution is -2.42. The molecular formula is C18H19Cl2N3O5S. The molecule has 2 aromatic carbocycles. The number of hydrogen-bond donors (Lipinski definition) is 3. The van der Waals surface area contributed by atoms with Crippen molar-refractivity contribution >= 4 is 45.0 Å². The maximum atomic E-state index is 12.6. The number of hydrogen-bond acceptors (Lipinski definition) is 5. The van der Waals surface area contributed by atoms with Crippen molar-refractivity contribution in [3.8, 4) is 5.75 Å². The summed E-state index contributed by atoms with van der Waals surface area (Å²) in [5, 5.41) is 9.94. The average Bonchev–Trinajstić information content (AvgIpc) is 2.67. The number of carbonyl (C=O) groups is 2. The monoisotopic (exact) mass is 459 g/mol. The minimum Gasteiger partial charge on any atom is -0.507 e. The van der Waals surface area contributed by atoms with E-state index in [0.717, 1.165) is 10.4 Å². The number of halogens is 2. The summed E-state index contributed by atoms with van der Waals surface area (Å²) in [4.78, 5) is 24.5. The van der Waals surface area contributed by atoms with E-state index in [1.807, 2.05) is 0 Å². The Morgan fingerprint density at radius 1 is 1.00 bits per heavy atom. The number of carbonyl (C=O) groups excluding carboxylic acids is 2. The van der Waals surface area contributed by atoms with Gasteiger partial charge in [-0.15, -0.1) is 0 Å². The molecule has 0 saturated carbocycles. The number of aromatic hydroxyl groups is 1. The van der Waals surface area contributed by atoms with Crippen LogP contribution in [-0.4, -0.2) is 42.7 Å². The summed E-state index contributed by atoms with van der Waals surface area (Å²) in [5.74, 6) is -1.99. The highest BCUT2D eigenvalue weighted by atomic mass is 35.5. The quantitative estimate of drug-likeness (QED) is 0.594. The average molecular weight is 460 g/mol. The predicted molar refractivity (Wildman–Crippen MR) is 110 cm³/mol. The summed E-state index contributed by atoms with van der Waals surface area (Å²) in [6, 6.07) is 7.24. The summed E-state index contributed by atoms with van der Waals surface area (Å²) < 4.78 is 26.4. The topological polar surface area (TPSA) is 116 Å². The third kappa shape index (κ3) is 5.18. The standard InChI is InChI=1S/C18H19Cl2N3O5S/c1-10(2)23(3)29(27,28)12-5-6-15(20)13(9-12)17(25)21-22-18(26)14-8-11(19)4-7-16(14)24/h4-10,24H,1-3H3,(H,21,25)(H,22,26). The van der Waals surface area contributed by atoms with Crippen LogP contribution in [0.2, 0.25) is 10.0 Å². The van der Waals surface area contributed by atoms with Crippen LogP contribution in [-0.2, 0) is 10.0 Å². The van der Waals surface area contributed by atoms with Crippen molar-refractivity contribution in [2.75, 3.05) is 7.05 Å². The van der Waals surface area contributed by atoms with Crippen LogP contribution in [0.5, 0.6) is 5.75 Å². The normalized spacial score (nSPS) is 11.6. The molecule has 0 aliphatic rings. The Hall–Kier alpha value is -2.33. The van der Waals surface area contributed by atoms with Crippen LogP contribution in [0.25, 0.3) is 0 Å². The fourth-order valence-electron chi connectivity index (χ4n) is 2.22. The minimum absolute atomic E-state index is 0.00602. The summed E-state index contributed by atoms with van der Waals surface area (Å²) >= 11 is 11.8. The smallest absolute Gasteiger partial charge is 0.273 e. The molecule has 156 valence electrons. The van der Waals surface area contributed by atoms with E-state index in [2.05, 4.69) is 10.9 Å². The molecule has 0 radical (unpaired) electrons. The van der Waals surface area contributed by atoms with E-state index in [1.165, 1.54) is 37.4 Å². The Bertz CT molecular complexity index is 1060. The zero-order valence-electron chi connectivity index (χ0n) is 15.7. The summed E-state index contributed by atoms with van der Waals surface area (Å²) in [7, 11) is -2.41. The molecule has 0 aliphatic heterocycles. The predicted octanol–water partition coefficient (Wildman–Crippen LogP) is 2.80. The van der Waals surface area contributed by atoms with E-state index in [1.54, 1.807) is 13.8 Å². The highest BCUT2D eigenvalue weighted by Crippen LogP contribution is 2.24. The van der Waals surface area contributed by atoms with Gasteiger partial charge in [0.2, 0.25) is 10.0 Å². The Labute approximate surface area is 178 Å². The van der Waals surface area contributed by atoms with Crippen LogP contribution >= 0.6 is 23.2 Å². The van der Waals surface area contributed by atoms with E-state index < -0.39 is 21.8 Å². The van der Waals surface area contributed by atoms with Crippen LogP contribution in [0, 0.1) is 0 Å². The molecule has 29 heavy (non-hydrogen) atoms. The molecule has 0 unspecified atom stereocenters. The molecule has 0 atom stereocenters. The van der Waals surface area contributed by atoms with Crippen molar-refractivity contribution in [3.63, 3.8) is 0 Å². The van der Waals surface area contributed by atoms with Crippen molar-refractivity contribution in [1.82, 2.24) is 15.2 Å². The van der Waals surface area contributed by atoms with Crippen LogP contribution in [0.15, 0.2) is 41.3 Å². The van der Waals surface area contributed by atoms with E-state index in [4.69, 9.17) is 23.2 Å². The largest absolute Gasteiger partial charge is 0.507 e. The fourth-order valence-corrected chi connectivity index (χ4v) is 3.99. The molecule has 8 nitrogen and oxygen atoms in total. The molecule has 0 heterocycles. The molecule has 3 N–H and O–H groups in total. The number of hydrazine groups is 1. The van der Waals surface area contributed by atoms with Crippen LogP contribution in [0.1, 0.15) is 34.6 Å². The lowest BCUT2D eigenvalue weighted by molar-refractivity contribution is 0.0845. The van der Waals surface area contributed by atoms with Crippen molar-refractivity contribution in [2.24, 2.45) is 0 Å². The summed E-state index contributed by atoms with van der Waals surface area (Å²) in [6.45, 7) is 3.42. The van der Waals surface area contributed by atoms with Gasteiger partial charge in [-0.1, -0.05) is 23.2 Å². The number of benzene rings is 2. The highest BCUT2D eigenvalue weighted by Gasteiger charge is 2.25. The third-order valence-electron chi connectivity index (χ3n) is 4.08. The van der Waals surface area contributed by atoms with Gasteiger partial charge in [0.15, 0.2) is 0 Å². The molecule has 0 bridgehead atoms. The molecule has 11 heteroatoms. The van der Waals surface area contributed by atoms with Crippen LogP contribution < -0.4 is 10.9 Å². The first-order chi connectivity index (χ1) is 13.4. The maximum Gasteiger partial charge on any atom is 0.273 e. The van der Waals surface area contributed by atoms with Gasteiger partial charge >= 0.3 is 0 Å². The van der Waals surface area contributed by atoms with E-state index in [0.29, 0.717) is 0 Å². The molecule has 2 aromatic rings. The molecule has 2 amide bonds. The highest BCUT2D eigenvalue weighted by molar-refractivity contribution is 7.89. The first-order valence-corrected chi connectivity index (χ1v) is 10.5. The van der Waals surface area contributed by atoms with Gasteiger partial charge in [-0.05, 0) is 50.2 Å². The molecule has 2 rings (SSSR count). The van der Waals surface area contributed by atoms with Crippen LogP contribution in [0.4, 0.5) is 0 Å². The second-order valence-electron chi connectivity index (χ2n) is 6.33. The van der Waals surface area contributed by atoms with Crippen LogP contribution in [0.3, 0.4) is 0 Å². The Kier molecular flexibility index (Phi) is 7.12. The van der Waals surface area contributed by atoms with E-state index >= 15 is 0 Å². The van der Waals surface area contributed by atoms with E-state index in [-0.39, 0.29) is 37.9 Å². The van der Waals surface area contributed by atoms with Crippen molar-refractivity contribution < 1.29 is 23.1 Å². The second-order valence-corrected chi connectivity index (χ2v) is 9.17. The zero-order valence-corrected chi connectivity index (χ0v) is 18.1. The van der Waals surface area contributed by atoms with Gasteiger partial charge in [0.25, 0.3) is 11.8 Å². The summed E-state index contributed by atoms with van der Waals surface area (Å²) in [5.41, 5.74) is 3.94. The number of nitrogens with one attached hydrogen (secondary N) is 2. The number of sulfonamides is 1. The maximum absolute atomic E-state index is 12.6. The number of phenols is 1. The Morgan fingerprint density at radius 2 is 1.59 bits per heavy atom. The number of rotatable bonds is 5. The Morgan fingerprint density at radius 3 is 2.17 bits per heavy atom. The summed E-state index contributed by atoms with van der Waals surface area (Å²) in [6.07, 6.45) is 0. The van der Waals surface area contributed by atoms with Gasteiger partial charge in [0, 0.05) is 18.1 Å². The van der Waals surface area contributed by atoms with Gasteiger partial charge in [-0.25, -0.2) is 8.42 Å². The minimum atomic E-state index is -3.84. The third-order valence-corrected chi connectivity index (χ3v) is 6.67. The van der Waals surface area contributed by atoms with Gasteiger partial charge in [-0.2, -0.15) is 4.31 Å². The van der Waals surface area contributed by atoms with Crippen molar-refractivity contribution in [1.29, 1.82) is 0 Å². The second kappa shape index (κ2) is 9.00. The number of amides is 2. The first kappa shape index (κ1) is 23.0. The Balaban J connectivity index is 2.23. The SMILES string of the molecule is CC(C)N(C)S(=O)(=O)c1ccc(Cl)c(C(=O)NNC(=O)c2cc(Cl)ccc2O)c1. The first-order valence-electron chi connectivity index (χ1n) is 8.32. The number of nitrogens with zero attached hydrogens (tertiary/aromatic N) is 1. The lowest BCUT2D eigenvalue weighted by Gasteiger charge is -2.21.